The van der Waals surface area contributed by atoms with Crippen molar-refractivity contribution in [3.63, 3.8) is 0 Å². The Morgan fingerprint density at radius 2 is 2.23 bits per heavy atom. The molecule has 0 aliphatic heterocycles. The van der Waals surface area contributed by atoms with Crippen LogP contribution in [0.15, 0.2) is 23.8 Å². The van der Waals surface area contributed by atoms with Crippen LogP contribution in [0, 0.1) is 5.92 Å². The molecule has 0 bridgehead atoms. The van der Waals surface area contributed by atoms with Gasteiger partial charge in [0, 0.05) is 6.08 Å². The van der Waals surface area contributed by atoms with Gasteiger partial charge >= 0.3 is 5.97 Å². The third-order valence-corrected chi connectivity index (χ3v) is 1.98. The summed E-state index contributed by atoms with van der Waals surface area (Å²) in [5.41, 5.74) is 1.11. The first-order chi connectivity index (χ1) is 6.27. The molecule has 2 nitrogen and oxygen atoms in total. The molecule has 72 valence electrons. The highest BCUT2D eigenvalue weighted by Crippen LogP contribution is 2.37. The molecule has 0 radical (unpaired) electrons. The van der Waals surface area contributed by atoms with Crippen molar-refractivity contribution in [3.05, 3.63) is 23.8 Å². The third kappa shape index (κ3) is 3.45. The van der Waals surface area contributed by atoms with E-state index in [1.807, 2.05) is 26.0 Å². The zero-order valence-electron chi connectivity index (χ0n) is 8.25. The lowest BCUT2D eigenvalue weighted by Gasteiger charge is -1.99. The van der Waals surface area contributed by atoms with Crippen LogP contribution in [0.2, 0.25) is 0 Å². The van der Waals surface area contributed by atoms with Crippen molar-refractivity contribution in [2.24, 2.45) is 5.92 Å². The smallest absolute Gasteiger partial charge is 0.331 e. The molecule has 0 unspecified atom stereocenters. The van der Waals surface area contributed by atoms with Crippen LogP contribution >= 0.6 is 0 Å². The maximum Gasteiger partial charge on any atom is 0.331 e. The zero-order chi connectivity index (χ0) is 9.68. The number of allylic oxidation sites excluding steroid dienone is 3. The summed E-state index contributed by atoms with van der Waals surface area (Å²) >= 11 is 0. The minimum absolute atomic E-state index is 0.220. The van der Waals surface area contributed by atoms with Crippen LogP contribution in [0.4, 0.5) is 0 Å². The highest BCUT2D eigenvalue weighted by molar-refractivity contribution is 5.83. The maximum absolute atomic E-state index is 11.1. The van der Waals surface area contributed by atoms with E-state index in [4.69, 9.17) is 4.74 Å². The molecule has 13 heavy (non-hydrogen) atoms. The molecule has 0 aromatic heterocycles. The molecule has 0 aromatic carbocycles. The van der Waals surface area contributed by atoms with Gasteiger partial charge in [0.05, 0.1) is 6.61 Å². The van der Waals surface area contributed by atoms with Crippen molar-refractivity contribution in [1.82, 2.24) is 0 Å². The van der Waals surface area contributed by atoms with E-state index in [1.165, 1.54) is 12.8 Å². The van der Waals surface area contributed by atoms with E-state index in [2.05, 4.69) is 0 Å². The number of carbonyl (C=O) groups is 1. The summed E-state index contributed by atoms with van der Waals surface area (Å²) in [5, 5.41) is 0. The molecular formula is C11H16O2. The standard InChI is InChI=1S/C11H16O2/c1-3-5-10(9-6-7-9)8-11(12)13-4-2/h3,5,8-9H,4,6-7H2,1-2H3/b5-3+,10-8+. The highest BCUT2D eigenvalue weighted by Gasteiger charge is 2.24. The van der Waals surface area contributed by atoms with E-state index in [9.17, 15) is 4.79 Å². The lowest BCUT2D eigenvalue weighted by Crippen LogP contribution is -2.01. The van der Waals surface area contributed by atoms with Crippen LogP contribution in [0.1, 0.15) is 26.7 Å². The van der Waals surface area contributed by atoms with Gasteiger partial charge in [-0.1, -0.05) is 12.2 Å². The molecule has 1 rings (SSSR count). The van der Waals surface area contributed by atoms with Gasteiger partial charge in [-0.05, 0) is 38.2 Å². The number of rotatable bonds is 4. The number of ether oxygens (including phenoxy) is 1. The minimum Gasteiger partial charge on any atom is -0.463 e. The number of carbonyl (C=O) groups excluding carboxylic acids is 1. The lowest BCUT2D eigenvalue weighted by atomic mass is 10.1. The van der Waals surface area contributed by atoms with Crippen molar-refractivity contribution >= 4 is 5.97 Å². The van der Waals surface area contributed by atoms with Crippen LogP contribution in [0.5, 0.6) is 0 Å². The monoisotopic (exact) mass is 180 g/mol. The fourth-order valence-electron chi connectivity index (χ4n) is 1.23. The van der Waals surface area contributed by atoms with Crippen LogP contribution < -0.4 is 0 Å². The molecular weight excluding hydrogens is 164 g/mol. The topological polar surface area (TPSA) is 26.3 Å². The Labute approximate surface area is 79.3 Å². The second-order valence-electron chi connectivity index (χ2n) is 3.17. The molecule has 0 saturated heterocycles. The summed E-state index contributed by atoms with van der Waals surface area (Å²) in [7, 11) is 0. The maximum atomic E-state index is 11.1. The van der Waals surface area contributed by atoms with Crippen molar-refractivity contribution in [2.75, 3.05) is 6.61 Å². The van der Waals surface area contributed by atoms with Crippen LogP contribution in [-0.4, -0.2) is 12.6 Å². The molecule has 0 N–H and O–H groups in total. The van der Waals surface area contributed by atoms with Crippen LogP contribution in [-0.2, 0) is 9.53 Å². The van der Waals surface area contributed by atoms with Gasteiger partial charge in [0.2, 0.25) is 0 Å². The Morgan fingerprint density at radius 3 is 2.69 bits per heavy atom. The molecule has 1 fully saturated rings. The van der Waals surface area contributed by atoms with Crippen molar-refractivity contribution in [2.45, 2.75) is 26.7 Å². The summed E-state index contributed by atoms with van der Waals surface area (Å²) in [4.78, 5) is 11.1. The van der Waals surface area contributed by atoms with Gasteiger partial charge in [-0.2, -0.15) is 0 Å². The van der Waals surface area contributed by atoms with Gasteiger partial charge in [0.25, 0.3) is 0 Å². The molecule has 1 aliphatic carbocycles. The second kappa shape index (κ2) is 4.85. The zero-order valence-corrected chi connectivity index (χ0v) is 8.25. The number of esters is 1. The first kappa shape index (κ1) is 10.0. The second-order valence-corrected chi connectivity index (χ2v) is 3.17. The molecule has 0 atom stereocenters. The van der Waals surface area contributed by atoms with E-state index >= 15 is 0 Å². The Morgan fingerprint density at radius 1 is 1.54 bits per heavy atom. The molecule has 0 amide bonds. The van der Waals surface area contributed by atoms with Gasteiger partial charge in [-0.3, -0.25) is 0 Å². The van der Waals surface area contributed by atoms with Crippen LogP contribution in [0.3, 0.4) is 0 Å². The van der Waals surface area contributed by atoms with E-state index in [-0.39, 0.29) is 5.97 Å². The Balaban J connectivity index is 2.56. The predicted octanol–water partition coefficient (Wildman–Crippen LogP) is 2.46. The Hall–Kier alpha value is -1.05. The summed E-state index contributed by atoms with van der Waals surface area (Å²) < 4.78 is 4.85. The quantitative estimate of drug-likeness (QED) is 0.377. The van der Waals surface area contributed by atoms with Gasteiger partial charge in [-0.15, -0.1) is 0 Å². The van der Waals surface area contributed by atoms with E-state index < -0.39 is 0 Å². The molecule has 0 spiro atoms. The lowest BCUT2D eigenvalue weighted by molar-refractivity contribution is -0.137. The van der Waals surface area contributed by atoms with Gasteiger partial charge in [0.15, 0.2) is 0 Å². The van der Waals surface area contributed by atoms with Crippen molar-refractivity contribution in [3.8, 4) is 0 Å². The summed E-state index contributed by atoms with van der Waals surface area (Å²) in [6.07, 6.45) is 7.98. The van der Waals surface area contributed by atoms with E-state index in [1.54, 1.807) is 6.08 Å². The summed E-state index contributed by atoms with van der Waals surface area (Å²) in [6, 6.07) is 0. The SMILES string of the molecule is C/C=C/C(=C\C(=O)OCC)C1CC1. The molecule has 0 aromatic rings. The fraction of sp³-hybridized carbons (Fsp3) is 0.545. The van der Waals surface area contributed by atoms with E-state index in [0.717, 1.165) is 5.57 Å². The first-order valence-corrected chi connectivity index (χ1v) is 4.79. The Kier molecular flexibility index (Phi) is 3.74. The average molecular weight is 180 g/mol. The number of hydrogen-bond donors (Lipinski definition) is 0. The summed E-state index contributed by atoms with van der Waals surface area (Å²) in [6.45, 7) is 4.22. The van der Waals surface area contributed by atoms with Gasteiger partial charge < -0.3 is 4.74 Å². The minimum atomic E-state index is -0.220. The average Bonchev–Trinajstić information content (AvgIpc) is 2.86. The summed E-state index contributed by atoms with van der Waals surface area (Å²) in [5.74, 6) is 0.378. The fourth-order valence-corrected chi connectivity index (χ4v) is 1.23. The molecule has 0 heterocycles. The highest BCUT2D eigenvalue weighted by atomic mass is 16.5. The molecule has 2 heteroatoms. The largest absolute Gasteiger partial charge is 0.463 e. The first-order valence-electron chi connectivity index (χ1n) is 4.79. The van der Waals surface area contributed by atoms with Crippen molar-refractivity contribution in [1.29, 1.82) is 0 Å². The van der Waals surface area contributed by atoms with Crippen molar-refractivity contribution < 1.29 is 9.53 Å². The Bertz CT molecular complexity index is 234. The normalized spacial score (nSPS) is 17.8. The molecule has 1 saturated carbocycles. The molecule has 1 aliphatic rings. The van der Waals surface area contributed by atoms with Crippen LogP contribution in [0.25, 0.3) is 0 Å². The number of hydrogen-bond acceptors (Lipinski definition) is 2. The predicted molar refractivity (Wildman–Crippen MR) is 52.3 cm³/mol. The van der Waals surface area contributed by atoms with E-state index in [0.29, 0.717) is 12.5 Å². The van der Waals surface area contributed by atoms with Gasteiger partial charge in [0.1, 0.15) is 0 Å². The van der Waals surface area contributed by atoms with Gasteiger partial charge in [-0.25, -0.2) is 4.79 Å². The third-order valence-electron chi connectivity index (χ3n) is 1.98.